The number of ether oxygens (including phenoxy) is 1. The third-order valence-corrected chi connectivity index (χ3v) is 5.86. The average molecular weight is 446 g/mol. The molecule has 0 atom stereocenters. The van der Waals surface area contributed by atoms with Gasteiger partial charge in [-0.3, -0.25) is 9.40 Å². The molecule has 2 heterocycles. The van der Waals surface area contributed by atoms with E-state index in [1.165, 1.54) is 11.9 Å². The molecule has 6 nitrogen and oxygen atoms in total. The van der Waals surface area contributed by atoms with Gasteiger partial charge in [-0.2, -0.15) is 10.1 Å². The third kappa shape index (κ3) is 4.78. The Balaban J connectivity index is 1.82. The first-order valence-electron chi connectivity index (χ1n) is 10.5. The molecule has 2 aromatic heterocycles. The van der Waals surface area contributed by atoms with Gasteiger partial charge in [0.25, 0.3) is 0 Å². The van der Waals surface area contributed by atoms with Gasteiger partial charge in [0.2, 0.25) is 11.8 Å². The van der Waals surface area contributed by atoms with Gasteiger partial charge >= 0.3 is 0 Å². The Morgan fingerprint density at radius 3 is 2.34 bits per heavy atom. The molecule has 0 radical (unpaired) electrons. The van der Waals surface area contributed by atoms with Gasteiger partial charge in [0.15, 0.2) is 0 Å². The monoisotopic (exact) mass is 445 g/mol. The number of benzene rings is 2. The van der Waals surface area contributed by atoms with E-state index in [2.05, 4.69) is 42.7 Å². The Morgan fingerprint density at radius 1 is 0.969 bits per heavy atom. The molecule has 1 N–H and O–H groups in total. The zero-order valence-corrected chi connectivity index (χ0v) is 19.8. The lowest BCUT2D eigenvalue weighted by Crippen LogP contribution is -2.07. The van der Waals surface area contributed by atoms with Crippen molar-refractivity contribution in [3.8, 4) is 22.9 Å². The van der Waals surface area contributed by atoms with E-state index in [0.29, 0.717) is 11.8 Å². The third-order valence-electron chi connectivity index (χ3n) is 5.13. The lowest BCUT2D eigenvalue weighted by molar-refractivity contribution is 0.449. The van der Waals surface area contributed by atoms with Crippen molar-refractivity contribution >= 4 is 17.9 Å². The lowest BCUT2D eigenvalue weighted by atomic mass is 9.95. The van der Waals surface area contributed by atoms with E-state index in [4.69, 9.17) is 14.7 Å². The van der Waals surface area contributed by atoms with Crippen LogP contribution >= 0.6 is 11.9 Å². The summed E-state index contributed by atoms with van der Waals surface area (Å²) in [5.74, 6) is 2.01. The van der Waals surface area contributed by atoms with Crippen molar-refractivity contribution in [3.63, 3.8) is 0 Å². The highest BCUT2D eigenvalue weighted by atomic mass is 32.2. The van der Waals surface area contributed by atoms with Crippen molar-refractivity contribution in [3.05, 3.63) is 77.6 Å². The Morgan fingerprint density at radius 2 is 1.69 bits per heavy atom. The maximum absolute atomic E-state index is 6.38. The van der Waals surface area contributed by atoms with Crippen LogP contribution in [0.5, 0.6) is 11.6 Å². The van der Waals surface area contributed by atoms with Crippen LogP contribution < -0.4 is 9.46 Å². The van der Waals surface area contributed by atoms with E-state index in [9.17, 15) is 0 Å². The quantitative estimate of drug-likeness (QED) is 0.326. The van der Waals surface area contributed by atoms with Gasteiger partial charge < -0.3 is 4.74 Å². The summed E-state index contributed by atoms with van der Waals surface area (Å²) in [7, 11) is 1.89. The van der Waals surface area contributed by atoms with Gasteiger partial charge in [0, 0.05) is 24.4 Å². The molecule has 0 aliphatic rings. The molecule has 164 valence electrons. The number of aromatic nitrogens is 4. The number of hydrogen-bond donors (Lipinski definition) is 1. The maximum atomic E-state index is 6.38. The molecule has 0 fully saturated rings. The fraction of sp³-hybridized carbons (Fsp3) is 0.240. The van der Waals surface area contributed by atoms with E-state index in [0.717, 1.165) is 38.6 Å². The van der Waals surface area contributed by atoms with E-state index < -0.39 is 0 Å². The Bertz CT molecular complexity index is 1230. The van der Waals surface area contributed by atoms with Crippen molar-refractivity contribution < 1.29 is 4.74 Å². The highest BCUT2D eigenvalue weighted by Crippen LogP contribution is 2.39. The molecule has 0 amide bonds. The Labute approximate surface area is 193 Å². The van der Waals surface area contributed by atoms with Crippen LogP contribution in [0.25, 0.3) is 11.3 Å². The molecule has 0 aliphatic heterocycles. The number of hydrogen-bond acceptors (Lipinski definition) is 6. The first-order valence-corrected chi connectivity index (χ1v) is 11.4. The zero-order valence-electron chi connectivity index (χ0n) is 19.0. The molecule has 0 spiro atoms. The standard InChI is InChI=1S/C25H27N5OS/c1-16(2)22-23(20-12-8-6-10-17(20)3)27-25(29-32-19-14-26-30(5)15-19)28-24(22)31-21-13-9-7-11-18(21)4/h6-16H,1-5H3,(H,27,28,29). The molecule has 4 rings (SSSR count). The van der Waals surface area contributed by atoms with Gasteiger partial charge in [-0.25, -0.2) is 4.98 Å². The molecule has 0 bridgehead atoms. The summed E-state index contributed by atoms with van der Waals surface area (Å²) in [5.41, 5.74) is 5.14. The number of rotatable bonds is 7. The first kappa shape index (κ1) is 21.9. The molecule has 32 heavy (non-hydrogen) atoms. The fourth-order valence-electron chi connectivity index (χ4n) is 3.47. The molecule has 7 heteroatoms. The summed E-state index contributed by atoms with van der Waals surface area (Å²) in [4.78, 5) is 10.7. The van der Waals surface area contributed by atoms with Crippen LogP contribution in [-0.4, -0.2) is 19.7 Å². The topological polar surface area (TPSA) is 64.9 Å². The minimum atomic E-state index is 0.170. The summed E-state index contributed by atoms with van der Waals surface area (Å²) >= 11 is 1.42. The predicted molar refractivity (Wildman–Crippen MR) is 130 cm³/mol. The van der Waals surface area contributed by atoms with Crippen LogP contribution in [-0.2, 0) is 7.05 Å². The summed E-state index contributed by atoms with van der Waals surface area (Å²) in [6.45, 7) is 8.41. The Hall–Kier alpha value is -3.32. The average Bonchev–Trinajstić information content (AvgIpc) is 3.19. The zero-order chi connectivity index (χ0) is 22.7. The molecule has 0 unspecified atom stereocenters. The summed E-state index contributed by atoms with van der Waals surface area (Å²) in [6.07, 6.45) is 3.74. The van der Waals surface area contributed by atoms with Crippen LogP contribution in [0.3, 0.4) is 0 Å². The van der Waals surface area contributed by atoms with Crippen LogP contribution in [0.15, 0.2) is 65.8 Å². The number of nitrogens with one attached hydrogen (secondary N) is 1. The fourth-order valence-corrected chi connectivity index (χ4v) is 4.07. The highest BCUT2D eigenvalue weighted by Gasteiger charge is 2.22. The minimum Gasteiger partial charge on any atom is -0.438 e. The number of para-hydroxylation sites is 1. The van der Waals surface area contributed by atoms with E-state index in [-0.39, 0.29) is 5.92 Å². The molecule has 0 saturated carbocycles. The van der Waals surface area contributed by atoms with Crippen LogP contribution in [0.2, 0.25) is 0 Å². The minimum absolute atomic E-state index is 0.170. The SMILES string of the molecule is Cc1ccccc1Oc1nc(NSc2cnn(C)c2)nc(-c2ccccc2C)c1C(C)C. The predicted octanol–water partition coefficient (Wildman–Crippen LogP) is 6.53. The molecule has 2 aromatic carbocycles. The molecular weight excluding hydrogens is 418 g/mol. The van der Waals surface area contributed by atoms with E-state index in [1.54, 1.807) is 10.9 Å². The van der Waals surface area contributed by atoms with Crippen molar-refractivity contribution in [1.29, 1.82) is 0 Å². The summed E-state index contributed by atoms with van der Waals surface area (Å²) in [6, 6.07) is 16.2. The van der Waals surface area contributed by atoms with Crippen molar-refractivity contribution in [1.82, 2.24) is 19.7 Å². The summed E-state index contributed by atoms with van der Waals surface area (Å²) in [5, 5.41) is 4.22. The maximum Gasteiger partial charge on any atom is 0.237 e. The van der Waals surface area contributed by atoms with Crippen molar-refractivity contribution in [2.75, 3.05) is 4.72 Å². The van der Waals surface area contributed by atoms with Crippen molar-refractivity contribution in [2.45, 2.75) is 38.5 Å². The van der Waals surface area contributed by atoms with Crippen LogP contribution in [0, 0.1) is 13.8 Å². The normalized spacial score (nSPS) is 11.1. The van der Waals surface area contributed by atoms with Crippen LogP contribution in [0.1, 0.15) is 36.5 Å². The number of nitrogens with zero attached hydrogens (tertiary/aromatic N) is 4. The molecule has 0 saturated heterocycles. The van der Waals surface area contributed by atoms with E-state index in [1.807, 2.05) is 56.6 Å². The molecular formula is C25H27N5OS. The smallest absolute Gasteiger partial charge is 0.237 e. The van der Waals surface area contributed by atoms with E-state index >= 15 is 0 Å². The first-order chi connectivity index (χ1) is 15.4. The van der Waals surface area contributed by atoms with Crippen LogP contribution in [0.4, 0.5) is 5.95 Å². The second-order valence-electron chi connectivity index (χ2n) is 8.01. The summed E-state index contributed by atoms with van der Waals surface area (Å²) < 4.78 is 11.4. The number of aryl methyl sites for hydroxylation is 3. The highest BCUT2D eigenvalue weighted by molar-refractivity contribution is 8.00. The van der Waals surface area contributed by atoms with Gasteiger partial charge in [0.05, 0.1) is 16.8 Å². The largest absolute Gasteiger partial charge is 0.438 e. The lowest BCUT2D eigenvalue weighted by Gasteiger charge is -2.19. The van der Waals surface area contributed by atoms with Gasteiger partial charge in [0.1, 0.15) is 5.75 Å². The second kappa shape index (κ2) is 9.44. The van der Waals surface area contributed by atoms with Gasteiger partial charge in [-0.05, 0) is 48.9 Å². The van der Waals surface area contributed by atoms with Gasteiger partial charge in [-0.15, -0.1) is 0 Å². The van der Waals surface area contributed by atoms with Crippen molar-refractivity contribution in [2.24, 2.45) is 7.05 Å². The second-order valence-corrected chi connectivity index (χ2v) is 8.89. The molecule has 4 aromatic rings. The Kier molecular flexibility index (Phi) is 6.46. The van der Waals surface area contributed by atoms with Gasteiger partial charge in [-0.1, -0.05) is 56.3 Å². The molecule has 0 aliphatic carbocycles. The number of anilines is 1.